The molecule has 0 aliphatic carbocycles. The van der Waals surface area contributed by atoms with Gasteiger partial charge in [0.25, 0.3) is 0 Å². The molecule has 0 radical (unpaired) electrons. The highest BCUT2D eigenvalue weighted by Crippen LogP contribution is 2.32. The van der Waals surface area contributed by atoms with E-state index in [0.29, 0.717) is 31.3 Å². The van der Waals surface area contributed by atoms with Crippen molar-refractivity contribution in [1.82, 2.24) is 10.3 Å². The molecule has 0 saturated carbocycles. The Morgan fingerprint density at radius 2 is 2.09 bits per heavy atom. The Kier molecular flexibility index (Phi) is 8.52. The van der Waals surface area contributed by atoms with Crippen LogP contribution in [0.15, 0.2) is 35.5 Å². The number of likely N-dealkylation sites (N-methyl/N-ethyl adjacent to an activating group) is 1. The van der Waals surface area contributed by atoms with Gasteiger partial charge in [-0.15, -0.1) is 0 Å². The average molecular weight is 441 g/mol. The Balaban J connectivity index is 1.95. The van der Waals surface area contributed by atoms with Gasteiger partial charge in [0.1, 0.15) is 24.2 Å². The van der Waals surface area contributed by atoms with Crippen LogP contribution in [0.5, 0.6) is 5.75 Å². The summed E-state index contributed by atoms with van der Waals surface area (Å²) in [5.41, 5.74) is 3.40. The molecule has 1 aromatic carbocycles. The zero-order valence-corrected chi connectivity index (χ0v) is 18.9. The molecule has 0 spiro atoms. The van der Waals surface area contributed by atoms with Gasteiger partial charge in [0.15, 0.2) is 0 Å². The molecule has 32 heavy (non-hydrogen) atoms. The Hall–Kier alpha value is -3.04. The SMILES string of the molecule is CNCC(COc1cccc(-c2cc(N3CCOCC3)c(C=N)c(NC(C)C)n2)c1)N=O. The minimum atomic E-state index is -0.455. The number of nitroso groups, excluding NO2 is 1. The predicted molar refractivity (Wildman–Crippen MR) is 128 cm³/mol. The number of morpholine rings is 1. The number of pyridine rings is 1. The summed E-state index contributed by atoms with van der Waals surface area (Å²) in [6.07, 6.45) is 1.36. The van der Waals surface area contributed by atoms with E-state index in [1.54, 1.807) is 7.05 Å². The molecule has 172 valence electrons. The molecule has 1 saturated heterocycles. The van der Waals surface area contributed by atoms with E-state index in [1.807, 2.05) is 44.2 Å². The van der Waals surface area contributed by atoms with E-state index in [2.05, 4.69) is 20.7 Å². The van der Waals surface area contributed by atoms with Crippen LogP contribution in [-0.4, -0.2) is 69.8 Å². The van der Waals surface area contributed by atoms with Crippen molar-refractivity contribution < 1.29 is 9.47 Å². The summed E-state index contributed by atoms with van der Waals surface area (Å²) in [6.45, 7) is 7.60. The molecular formula is C23H32N6O3. The lowest BCUT2D eigenvalue weighted by Gasteiger charge is -2.31. The van der Waals surface area contributed by atoms with Crippen LogP contribution in [0.2, 0.25) is 0 Å². The van der Waals surface area contributed by atoms with Crippen molar-refractivity contribution in [1.29, 1.82) is 5.41 Å². The van der Waals surface area contributed by atoms with E-state index < -0.39 is 6.04 Å². The Morgan fingerprint density at radius 1 is 1.31 bits per heavy atom. The van der Waals surface area contributed by atoms with E-state index >= 15 is 0 Å². The summed E-state index contributed by atoms with van der Waals surface area (Å²) in [4.78, 5) is 18.0. The van der Waals surface area contributed by atoms with Gasteiger partial charge in [0.05, 0.1) is 30.2 Å². The molecular weight excluding hydrogens is 408 g/mol. The summed E-state index contributed by atoms with van der Waals surface area (Å²) in [6, 6.07) is 9.38. The first-order chi connectivity index (χ1) is 15.5. The normalized spacial score (nSPS) is 14.8. The molecule has 1 aliphatic heterocycles. The fourth-order valence-electron chi connectivity index (χ4n) is 3.58. The number of nitrogens with one attached hydrogen (secondary N) is 3. The standard InChI is InChI=1S/C23H32N6O3/c1-16(2)26-23-20(13-24)22(29-7-9-31-10-8-29)12-21(27-23)17-5-4-6-19(11-17)32-15-18(28-30)14-25-3/h4-6,11-13,16,18,24-25H,7-10,14-15H2,1-3H3,(H,26,27). The molecule has 3 rings (SSSR count). The van der Waals surface area contributed by atoms with E-state index in [1.165, 1.54) is 6.21 Å². The van der Waals surface area contributed by atoms with Crippen LogP contribution in [0, 0.1) is 10.3 Å². The van der Waals surface area contributed by atoms with E-state index in [0.717, 1.165) is 35.6 Å². The highest BCUT2D eigenvalue weighted by Gasteiger charge is 2.20. The Labute approximate surface area is 189 Å². The maximum atomic E-state index is 11.0. The van der Waals surface area contributed by atoms with Crippen molar-refractivity contribution in [3.05, 3.63) is 40.8 Å². The molecule has 9 nitrogen and oxygen atoms in total. The fraction of sp³-hybridized carbons (Fsp3) is 0.478. The van der Waals surface area contributed by atoms with Crippen LogP contribution < -0.4 is 20.3 Å². The number of rotatable bonds is 11. The van der Waals surface area contributed by atoms with Gasteiger partial charge < -0.3 is 30.4 Å². The fourth-order valence-corrected chi connectivity index (χ4v) is 3.58. The van der Waals surface area contributed by atoms with Crippen LogP contribution in [0.25, 0.3) is 11.3 Å². The van der Waals surface area contributed by atoms with Gasteiger partial charge in [-0.05, 0) is 39.1 Å². The topological polar surface area (TPSA) is 112 Å². The van der Waals surface area contributed by atoms with Crippen LogP contribution in [0.4, 0.5) is 11.5 Å². The summed E-state index contributed by atoms with van der Waals surface area (Å²) in [5, 5.41) is 17.4. The molecule has 1 fully saturated rings. The van der Waals surface area contributed by atoms with Gasteiger partial charge in [0, 0.05) is 37.5 Å². The average Bonchev–Trinajstić information content (AvgIpc) is 2.81. The number of benzene rings is 1. The second-order valence-electron chi connectivity index (χ2n) is 7.99. The van der Waals surface area contributed by atoms with Crippen molar-refractivity contribution in [2.24, 2.45) is 5.18 Å². The molecule has 9 heteroatoms. The van der Waals surface area contributed by atoms with Gasteiger partial charge >= 0.3 is 0 Å². The molecule has 1 aliphatic rings. The van der Waals surface area contributed by atoms with Crippen molar-refractivity contribution >= 4 is 17.7 Å². The van der Waals surface area contributed by atoms with Crippen molar-refractivity contribution in [2.75, 3.05) is 56.7 Å². The smallest absolute Gasteiger partial charge is 0.138 e. The molecule has 2 heterocycles. The molecule has 0 bridgehead atoms. The van der Waals surface area contributed by atoms with Crippen molar-refractivity contribution in [3.63, 3.8) is 0 Å². The van der Waals surface area contributed by atoms with Gasteiger partial charge in [-0.25, -0.2) is 4.98 Å². The molecule has 3 N–H and O–H groups in total. The number of anilines is 2. The van der Waals surface area contributed by atoms with E-state index in [-0.39, 0.29) is 12.6 Å². The first-order valence-corrected chi connectivity index (χ1v) is 10.9. The lowest BCUT2D eigenvalue weighted by molar-refractivity contribution is 0.122. The Morgan fingerprint density at radius 3 is 2.75 bits per heavy atom. The highest BCUT2D eigenvalue weighted by molar-refractivity contribution is 5.94. The number of hydrogen-bond acceptors (Lipinski definition) is 9. The van der Waals surface area contributed by atoms with Crippen molar-refractivity contribution in [3.8, 4) is 17.0 Å². The Bertz CT molecular complexity index is 915. The quantitative estimate of drug-likeness (QED) is 0.363. The zero-order chi connectivity index (χ0) is 22.9. The molecule has 0 amide bonds. The minimum absolute atomic E-state index is 0.170. The van der Waals surface area contributed by atoms with Crippen LogP contribution in [-0.2, 0) is 4.74 Å². The molecule has 1 atom stereocenters. The third-order valence-corrected chi connectivity index (χ3v) is 5.12. The third-order valence-electron chi connectivity index (χ3n) is 5.12. The molecule has 1 unspecified atom stereocenters. The van der Waals surface area contributed by atoms with Crippen LogP contribution >= 0.6 is 0 Å². The van der Waals surface area contributed by atoms with Crippen LogP contribution in [0.1, 0.15) is 19.4 Å². The monoisotopic (exact) mass is 440 g/mol. The number of aromatic nitrogens is 1. The van der Waals surface area contributed by atoms with E-state index in [9.17, 15) is 4.91 Å². The lowest BCUT2D eigenvalue weighted by atomic mass is 10.1. The second kappa shape index (κ2) is 11.5. The first kappa shape index (κ1) is 23.6. The second-order valence-corrected chi connectivity index (χ2v) is 7.99. The number of ether oxygens (including phenoxy) is 2. The first-order valence-electron chi connectivity index (χ1n) is 10.9. The summed E-state index contributed by atoms with van der Waals surface area (Å²) in [7, 11) is 1.78. The van der Waals surface area contributed by atoms with Gasteiger partial charge in [-0.2, -0.15) is 4.91 Å². The number of hydrogen-bond donors (Lipinski definition) is 3. The maximum absolute atomic E-state index is 11.0. The van der Waals surface area contributed by atoms with Gasteiger partial charge in [0.2, 0.25) is 0 Å². The number of nitrogens with zero attached hydrogens (tertiary/aromatic N) is 3. The van der Waals surface area contributed by atoms with E-state index in [4.69, 9.17) is 19.9 Å². The van der Waals surface area contributed by atoms with Gasteiger partial charge in [-0.3, -0.25) is 0 Å². The summed E-state index contributed by atoms with van der Waals surface area (Å²) < 4.78 is 11.3. The highest BCUT2D eigenvalue weighted by atomic mass is 16.5. The largest absolute Gasteiger partial charge is 0.491 e. The summed E-state index contributed by atoms with van der Waals surface area (Å²) >= 11 is 0. The zero-order valence-electron chi connectivity index (χ0n) is 18.9. The molecule has 1 aromatic heterocycles. The minimum Gasteiger partial charge on any atom is -0.491 e. The third kappa shape index (κ3) is 6.02. The maximum Gasteiger partial charge on any atom is 0.138 e. The summed E-state index contributed by atoms with van der Waals surface area (Å²) in [5.74, 6) is 1.33. The van der Waals surface area contributed by atoms with Gasteiger partial charge in [-0.1, -0.05) is 17.3 Å². The van der Waals surface area contributed by atoms with Crippen molar-refractivity contribution in [2.45, 2.75) is 25.9 Å². The van der Waals surface area contributed by atoms with Crippen LogP contribution in [0.3, 0.4) is 0 Å². The molecule has 2 aromatic rings. The predicted octanol–water partition coefficient (Wildman–Crippen LogP) is 3.14. The lowest BCUT2D eigenvalue weighted by Crippen LogP contribution is -2.37.